The molecule has 0 unspecified atom stereocenters. The van der Waals surface area contributed by atoms with E-state index in [0.29, 0.717) is 17.9 Å². The van der Waals surface area contributed by atoms with Gasteiger partial charge < -0.3 is 19.9 Å². The Morgan fingerprint density at radius 1 is 1.22 bits per heavy atom. The Kier molecular flexibility index (Phi) is 4.55. The van der Waals surface area contributed by atoms with Crippen LogP contribution < -0.4 is 15.2 Å². The lowest BCUT2D eigenvalue weighted by Gasteiger charge is -2.21. The molecule has 0 fully saturated rings. The molecule has 0 saturated carbocycles. The maximum absolute atomic E-state index is 11.5. The lowest BCUT2D eigenvalue weighted by molar-refractivity contribution is -0.146. The highest BCUT2D eigenvalue weighted by Gasteiger charge is 2.29. The Morgan fingerprint density at radius 2 is 1.83 bits per heavy atom. The summed E-state index contributed by atoms with van der Waals surface area (Å²) in [5.41, 5.74) is 5.73. The fourth-order valence-corrected chi connectivity index (χ4v) is 1.72. The van der Waals surface area contributed by atoms with E-state index in [1.54, 1.807) is 33.3 Å². The molecule has 1 rings (SSSR count). The first-order chi connectivity index (χ1) is 8.44. The van der Waals surface area contributed by atoms with E-state index in [-0.39, 0.29) is 0 Å². The van der Waals surface area contributed by atoms with Crippen LogP contribution in [0.2, 0.25) is 0 Å². The zero-order valence-electron chi connectivity index (χ0n) is 11.1. The number of hydrogen-bond donors (Lipinski definition) is 1. The number of rotatable bonds is 5. The van der Waals surface area contributed by atoms with E-state index < -0.39 is 11.5 Å². The Hall–Kier alpha value is -1.75. The number of esters is 1. The second-order valence-electron chi connectivity index (χ2n) is 4.28. The van der Waals surface area contributed by atoms with E-state index in [2.05, 4.69) is 4.74 Å². The number of ether oxygens (including phenoxy) is 3. The first kappa shape index (κ1) is 14.3. The highest BCUT2D eigenvalue weighted by molar-refractivity contribution is 5.80. The normalized spacial score (nSPS) is 13.6. The summed E-state index contributed by atoms with van der Waals surface area (Å²) >= 11 is 0. The van der Waals surface area contributed by atoms with Crippen LogP contribution >= 0.6 is 0 Å². The van der Waals surface area contributed by atoms with E-state index in [1.165, 1.54) is 7.11 Å². The summed E-state index contributed by atoms with van der Waals surface area (Å²) in [6.45, 7) is 1.63. The van der Waals surface area contributed by atoms with Gasteiger partial charge in [0.2, 0.25) is 0 Å². The van der Waals surface area contributed by atoms with Crippen molar-refractivity contribution < 1.29 is 19.0 Å². The molecule has 0 aliphatic heterocycles. The largest absolute Gasteiger partial charge is 0.493 e. The van der Waals surface area contributed by atoms with Gasteiger partial charge in [-0.05, 0) is 24.6 Å². The predicted molar refractivity (Wildman–Crippen MR) is 67.9 cm³/mol. The van der Waals surface area contributed by atoms with Crippen molar-refractivity contribution in [1.29, 1.82) is 0 Å². The van der Waals surface area contributed by atoms with Crippen molar-refractivity contribution in [2.75, 3.05) is 21.3 Å². The third-order valence-corrected chi connectivity index (χ3v) is 2.67. The highest BCUT2D eigenvalue weighted by Crippen LogP contribution is 2.28. The van der Waals surface area contributed by atoms with Gasteiger partial charge in [0.05, 0.1) is 21.3 Å². The van der Waals surface area contributed by atoms with Crippen molar-refractivity contribution in [3.05, 3.63) is 23.8 Å². The summed E-state index contributed by atoms with van der Waals surface area (Å²) in [5, 5.41) is 0. The molecule has 0 saturated heterocycles. The lowest BCUT2D eigenvalue weighted by Crippen LogP contribution is -2.47. The molecular weight excluding hydrogens is 234 g/mol. The first-order valence-electron chi connectivity index (χ1n) is 5.53. The number of methoxy groups -OCH3 is 3. The number of carbonyl (C=O) groups is 1. The average molecular weight is 253 g/mol. The molecule has 1 aromatic rings. The molecule has 0 bridgehead atoms. The van der Waals surface area contributed by atoms with Crippen LogP contribution in [0.5, 0.6) is 11.5 Å². The SMILES string of the molecule is COC(=O)[C@](C)(N)Cc1ccc(OC)c(OC)c1. The molecule has 1 atom stereocenters. The predicted octanol–water partition coefficient (Wildman–Crippen LogP) is 1.14. The van der Waals surface area contributed by atoms with Crippen LogP contribution in [-0.4, -0.2) is 32.8 Å². The summed E-state index contributed by atoms with van der Waals surface area (Å²) in [6, 6.07) is 5.42. The molecular formula is C13H19NO4. The second-order valence-corrected chi connectivity index (χ2v) is 4.28. The molecule has 100 valence electrons. The summed E-state index contributed by atoms with van der Waals surface area (Å²) < 4.78 is 15.0. The third kappa shape index (κ3) is 3.13. The molecule has 0 amide bonds. The third-order valence-electron chi connectivity index (χ3n) is 2.67. The summed E-state index contributed by atoms with van der Waals surface area (Å²) in [5.74, 6) is 0.797. The maximum atomic E-state index is 11.5. The van der Waals surface area contributed by atoms with Gasteiger partial charge in [-0.2, -0.15) is 0 Å². The van der Waals surface area contributed by atoms with Crippen LogP contribution in [-0.2, 0) is 16.0 Å². The Labute approximate surface area is 107 Å². The molecule has 0 aliphatic rings. The van der Waals surface area contributed by atoms with E-state index in [0.717, 1.165) is 5.56 Å². The summed E-state index contributed by atoms with van der Waals surface area (Å²) in [7, 11) is 4.45. The van der Waals surface area contributed by atoms with Gasteiger partial charge >= 0.3 is 5.97 Å². The van der Waals surface area contributed by atoms with Gasteiger partial charge in [0, 0.05) is 6.42 Å². The van der Waals surface area contributed by atoms with Gasteiger partial charge in [0.25, 0.3) is 0 Å². The van der Waals surface area contributed by atoms with Crippen LogP contribution in [0.4, 0.5) is 0 Å². The zero-order chi connectivity index (χ0) is 13.8. The molecule has 5 nitrogen and oxygen atoms in total. The van der Waals surface area contributed by atoms with E-state index in [1.807, 2.05) is 6.07 Å². The minimum Gasteiger partial charge on any atom is -0.493 e. The van der Waals surface area contributed by atoms with Crippen molar-refractivity contribution in [2.24, 2.45) is 5.73 Å². The fraction of sp³-hybridized carbons (Fsp3) is 0.462. The molecule has 0 radical (unpaired) electrons. The monoisotopic (exact) mass is 253 g/mol. The van der Waals surface area contributed by atoms with Gasteiger partial charge in [-0.1, -0.05) is 6.07 Å². The second kappa shape index (κ2) is 5.73. The van der Waals surface area contributed by atoms with Crippen molar-refractivity contribution in [2.45, 2.75) is 18.9 Å². The number of carbonyl (C=O) groups excluding carboxylic acids is 1. The minimum atomic E-state index is -1.06. The number of hydrogen-bond acceptors (Lipinski definition) is 5. The average Bonchev–Trinajstić information content (AvgIpc) is 2.36. The van der Waals surface area contributed by atoms with Crippen LogP contribution in [0.1, 0.15) is 12.5 Å². The first-order valence-corrected chi connectivity index (χ1v) is 5.53. The number of benzene rings is 1. The standard InChI is InChI=1S/C13H19NO4/c1-13(14,12(15)18-4)8-9-5-6-10(16-2)11(7-9)17-3/h5-7H,8,14H2,1-4H3/t13-/m1/s1. The molecule has 1 aromatic carbocycles. The zero-order valence-corrected chi connectivity index (χ0v) is 11.1. The van der Waals surface area contributed by atoms with Gasteiger partial charge in [0.15, 0.2) is 11.5 Å². The van der Waals surface area contributed by atoms with Crippen LogP contribution in [0.15, 0.2) is 18.2 Å². The molecule has 5 heteroatoms. The molecule has 0 spiro atoms. The highest BCUT2D eigenvalue weighted by atomic mass is 16.5. The van der Waals surface area contributed by atoms with E-state index >= 15 is 0 Å². The molecule has 2 N–H and O–H groups in total. The fourth-order valence-electron chi connectivity index (χ4n) is 1.72. The van der Waals surface area contributed by atoms with Crippen molar-refractivity contribution >= 4 is 5.97 Å². The quantitative estimate of drug-likeness (QED) is 0.797. The Balaban J connectivity index is 2.95. The molecule has 18 heavy (non-hydrogen) atoms. The van der Waals surface area contributed by atoms with Crippen LogP contribution in [0.3, 0.4) is 0 Å². The van der Waals surface area contributed by atoms with Crippen molar-refractivity contribution in [1.82, 2.24) is 0 Å². The van der Waals surface area contributed by atoms with E-state index in [4.69, 9.17) is 15.2 Å². The molecule has 0 aromatic heterocycles. The van der Waals surface area contributed by atoms with Gasteiger partial charge in [-0.15, -0.1) is 0 Å². The molecule has 0 aliphatic carbocycles. The Morgan fingerprint density at radius 3 is 2.33 bits per heavy atom. The van der Waals surface area contributed by atoms with Crippen LogP contribution in [0.25, 0.3) is 0 Å². The van der Waals surface area contributed by atoms with Crippen LogP contribution in [0, 0.1) is 0 Å². The van der Waals surface area contributed by atoms with E-state index in [9.17, 15) is 4.79 Å². The van der Waals surface area contributed by atoms with Gasteiger partial charge in [-0.3, -0.25) is 4.79 Å². The summed E-state index contributed by atoms with van der Waals surface area (Å²) in [6.07, 6.45) is 0.361. The molecule has 0 heterocycles. The van der Waals surface area contributed by atoms with Crippen molar-refractivity contribution in [3.63, 3.8) is 0 Å². The minimum absolute atomic E-state index is 0.361. The summed E-state index contributed by atoms with van der Waals surface area (Å²) in [4.78, 5) is 11.5. The topological polar surface area (TPSA) is 70.8 Å². The van der Waals surface area contributed by atoms with Gasteiger partial charge in [-0.25, -0.2) is 0 Å². The van der Waals surface area contributed by atoms with Gasteiger partial charge in [0.1, 0.15) is 5.54 Å². The number of nitrogens with two attached hydrogens (primary N) is 1. The smallest absolute Gasteiger partial charge is 0.325 e. The Bertz CT molecular complexity index is 429. The lowest BCUT2D eigenvalue weighted by atomic mass is 9.94. The maximum Gasteiger partial charge on any atom is 0.325 e. The van der Waals surface area contributed by atoms with Crippen molar-refractivity contribution in [3.8, 4) is 11.5 Å².